The van der Waals surface area contributed by atoms with Gasteiger partial charge in [-0.25, -0.2) is 4.98 Å². The maximum Gasteiger partial charge on any atom is 0.307 e. The van der Waals surface area contributed by atoms with Crippen molar-refractivity contribution >= 4 is 5.97 Å². The fraction of sp³-hybridized carbons (Fsp3) is 0.286. The summed E-state index contributed by atoms with van der Waals surface area (Å²) in [6.45, 7) is 0.529. The third-order valence-corrected chi connectivity index (χ3v) is 3.47. The number of benzene rings is 1. The van der Waals surface area contributed by atoms with Crippen LogP contribution < -0.4 is 5.32 Å². The van der Waals surface area contributed by atoms with Gasteiger partial charge >= 0.3 is 5.97 Å². The summed E-state index contributed by atoms with van der Waals surface area (Å²) in [7, 11) is 0. The predicted octanol–water partition coefficient (Wildman–Crippen LogP) is 2.08. The molecule has 2 atom stereocenters. The van der Waals surface area contributed by atoms with E-state index in [1.165, 1.54) is 0 Å². The molecule has 1 aliphatic rings. The molecule has 1 saturated heterocycles. The molecule has 0 aliphatic carbocycles. The maximum absolute atomic E-state index is 10.9. The Bertz CT molecular complexity index is 563. The van der Waals surface area contributed by atoms with Crippen LogP contribution in [0.1, 0.15) is 18.0 Å². The molecule has 2 N–H and O–H groups in total. The molecule has 5 heteroatoms. The zero-order valence-electron chi connectivity index (χ0n) is 10.2. The average molecular weight is 258 g/mol. The van der Waals surface area contributed by atoms with Gasteiger partial charge in [-0.15, -0.1) is 0 Å². The molecular weight excluding hydrogens is 244 g/mol. The Morgan fingerprint density at radius 3 is 2.74 bits per heavy atom. The highest BCUT2D eigenvalue weighted by molar-refractivity contribution is 5.70. The summed E-state index contributed by atoms with van der Waals surface area (Å²) in [6, 6.07) is 7.97. The van der Waals surface area contributed by atoms with Crippen LogP contribution in [0, 0.1) is 5.92 Å². The quantitative estimate of drug-likeness (QED) is 0.881. The Labute approximate surface area is 110 Å². The summed E-state index contributed by atoms with van der Waals surface area (Å²) in [6.07, 6.45) is 3.78. The number of nitrogens with one attached hydrogen (secondary N) is 1. The Morgan fingerprint density at radius 1 is 1.37 bits per heavy atom. The van der Waals surface area contributed by atoms with Gasteiger partial charge in [-0.1, -0.05) is 12.1 Å². The van der Waals surface area contributed by atoms with E-state index in [4.69, 9.17) is 9.52 Å². The third-order valence-electron chi connectivity index (χ3n) is 3.47. The number of hydrogen-bond donors (Lipinski definition) is 2. The van der Waals surface area contributed by atoms with Crippen LogP contribution in [0.5, 0.6) is 0 Å². The second kappa shape index (κ2) is 4.85. The van der Waals surface area contributed by atoms with Crippen molar-refractivity contribution in [2.24, 2.45) is 5.92 Å². The molecule has 1 aliphatic heterocycles. The molecule has 5 nitrogen and oxygen atoms in total. The molecule has 0 spiro atoms. The smallest absolute Gasteiger partial charge is 0.307 e. The molecule has 98 valence electrons. The fourth-order valence-corrected chi connectivity index (χ4v) is 2.40. The molecule has 19 heavy (non-hydrogen) atoms. The van der Waals surface area contributed by atoms with E-state index in [9.17, 15) is 4.79 Å². The Morgan fingerprint density at radius 2 is 2.16 bits per heavy atom. The SMILES string of the molecule is O=C(O)C1CNC(c2ccc(-c3ncco3)cc2)C1. The largest absolute Gasteiger partial charge is 0.481 e. The summed E-state index contributed by atoms with van der Waals surface area (Å²) in [5.74, 6) is -0.433. The van der Waals surface area contributed by atoms with Crippen LogP contribution >= 0.6 is 0 Å². The van der Waals surface area contributed by atoms with Crippen molar-refractivity contribution < 1.29 is 14.3 Å². The van der Waals surface area contributed by atoms with E-state index in [1.807, 2.05) is 24.3 Å². The highest BCUT2D eigenvalue weighted by atomic mass is 16.4. The van der Waals surface area contributed by atoms with Gasteiger partial charge in [0.25, 0.3) is 0 Å². The van der Waals surface area contributed by atoms with Crippen molar-refractivity contribution in [3.05, 3.63) is 42.3 Å². The van der Waals surface area contributed by atoms with Gasteiger partial charge in [0.05, 0.1) is 12.1 Å². The van der Waals surface area contributed by atoms with E-state index in [0.29, 0.717) is 18.9 Å². The minimum absolute atomic E-state index is 0.111. The molecule has 0 amide bonds. The van der Waals surface area contributed by atoms with Crippen LogP contribution in [0.3, 0.4) is 0 Å². The number of aliphatic carboxylic acids is 1. The van der Waals surface area contributed by atoms with Crippen LogP contribution in [0.2, 0.25) is 0 Å². The first-order valence-corrected chi connectivity index (χ1v) is 6.20. The van der Waals surface area contributed by atoms with Crippen molar-refractivity contribution in [2.45, 2.75) is 12.5 Å². The van der Waals surface area contributed by atoms with E-state index in [0.717, 1.165) is 11.1 Å². The van der Waals surface area contributed by atoms with Crippen molar-refractivity contribution in [3.63, 3.8) is 0 Å². The second-order valence-electron chi connectivity index (χ2n) is 4.69. The molecule has 2 heterocycles. The van der Waals surface area contributed by atoms with Gasteiger partial charge in [0.1, 0.15) is 6.26 Å². The van der Waals surface area contributed by atoms with E-state index in [1.54, 1.807) is 12.5 Å². The zero-order valence-corrected chi connectivity index (χ0v) is 10.2. The van der Waals surface area contributed by atoms with Gasteiger partial charge in [0, 0.05) is 18.2 Å². The van der Waals surface area contributed by atoms with Gasteiger partial charge in [0.15, 0.2) is 0 Å². The van der Waals surface area contributed by atoms with Gasteiger partial charge < -0.3 is 14.8 Å². The molecular formula is C14H14N2O3. The summed E-state index contributed by atoms with van der Waals surface area (Å²) >= 11 is 0. The van der Waals surface area contributed by atoms with Crippen LogP contribution in [0.15, 0.2) is 41.1 Å². The maximum atomic E-state index is 10.9. The number of carboxylic acids is 1. The van der Waals surface area contributed by atoms with Crippen molar-refractivity contribution in [3.8, 4) is 11.5 Å². The molecule has 0 saturated carbocycles. The minimum Gasteiger partial charge on any atom is -0.481 e. The highest BCUT2D eigenvalue weighted by Gasteiger charge is 2.29. The normalized spacial score (nSPS) is 22.5. The lowest BCUT2D eigenvalue weighted by Crippen LogP contribution is -2.17. The number of carboxylic acid groups (broad SMARTS) is 1. The standard InChI is InChI=1S/C14H14N2O3/c17-14(18)11-7-12(16-8-11)9-1-3-10(4-2-9)13-15-5-6-19-13/h1-6,11-12,16H,7-8H2,(H,17,18). The third kappa shape index (κ3) is 2.37. The summed E-state index contributed by atoms with van der Waals surface area (Å²) in [5, 5.41) is 12.2. The van der Waals surface area contributed by atoms with Gasteiger partial charge in [-0.2, -0.15) is 0 Å². The first-order chi connectivity index (χ1) is 9.24. The van der Waals surface area contributed by atoms with E-state index >= 15 is 0 Å². The monoisotopic (exact) mass is 258 g/mol. The van der Waals surface area contributed by atoms with E-state index in [2.05, 4.69) is 10.3 Å². The summed E-state index contributed by atoms with van der Waals surface area (Å²) in [4.78, 5) is 15.0. The number of rotatable bonds is 3. The van der Waals surface area contributed by atoms with Crippen molar-refractivity contribution in [1.29, 1.82) is 0 Å². The molecule has 2 unspecified atom stereocenters. The number of hydrogen-bond acceptors (Lipinski definition) is 4. The first kappa shape index (κ1) is 11.9. The number of carbonyl (C=O) groups is 1. The lowest BCUT2D eigenvalue weighted by molar-refractivity contribution is -0.141. The van der Waals surface area contributed by atoms with Crippen LogP contribution in [0.25, 0.3) is 11.5 Å². The highest BCUT2D eigenvalue weighted by Crippen LogP contribution is 2.28. The van der Waals surface area contributed by atoms with Crippen LogP contribution in [-0.4, -0.2) is 22.6 Å². The molecule has 1 fully saturated rings. The molecule has 0 radical (unpaired) electrons. The first-order valence-electron chi connectivity index (χ1n) is 6.20. The zero-order chi connectivity index (χ0) is 13.2. The lowest BCUT2D eigenvalue weighted by Gasteiger charge is -2.10. The molecule has 2 aromatic rings. The van der Waals surface area contributed by atoms with E-state index in [-0.39, 0.29) is 12.0 Å². The Kier molecular flexibility index (Phi) is 3.05. The van der Waals surface area contributed by atoms with Crippen LogP contribution in [-0.2, 0) is 4.79 Å². The number of aromatic nitrogens is 1. The summed E-state index contributed by atoms with van der Waals surface area (Å²) in [5.41, 5.74) is 2.01. The number of oxazole rings is 1. The summed E-state index contributed by atoms with van der Waals surface area (Å²) < 4.78 is 5.23. The van der Waals surface area contributed by atoms with Gasteiger partial charge in [0.2, 0.25) is 5.89 Å². The van der Waals surface area contributed by atoms with Gasteiger partial charge in [-0.3, -0.25) is 4.79 Å². The van der Waals surface area contributed by atoms with E-state index < -0.39 is 5.97 Å². The molecule has 1 aromatic heterocycles. The molecule has 3 rings (SSSR count). The number of nitrogens with zero attached hydrogens (tertiary/aromatic N) is 1. The minimum atomic E-state index is -0.730. The predicted molar refractivity (Wildman–Crippen MR) is 68.4 cm³/mol. The second-order valence-corrected chi connectivity index (χ2v) is 4.69. The van der Waals surface area contributed by atoms with Crippen LogP contribution in [0.4, 0.5) is 0 Å². The Hall–Kier alpha value is -2.14. The molecule has 0 bridgehead atoms. The lowest BCUT2D eigenvalue weighted by atomic mass is 9.99. The van der Waals surface area contributed by atoms with Gasteiger partial charge in [-0.05, 0) is 24.1 Å². The fourth-order valence-electron chi connectivity index (χ4n) is 2.40. The topological polar surface area (TPSA) is 75.4 Å². The molecule has 1 aromatic carbocycles. The Balaban J connectivity index is 1.75. The van der Waals surface area contributed by atoms with Crippen molar-refractivity contribution in [2.75, 3.05) is 6.54 Å². The van der Waals surface area contributed by atoms with Crippen molar-refractivity contribution in [1.82, 2.24) is 10.3 Å². The average Bonchev–Trinajstić information content (AvgIpc) is 3.11.